The van der Waals surface area contributed by atoms with Crippen molar-refractivity contribution in [3.8, 4) is 0 Å². The third-order valence-electron chi connectivity index (χ3n) is 4.01. The lowest BCUT2D eigenvalue weighted by molar-refractivity contribution is 0.423. The highest BCUT2D eigenvalue weighted by Crippen LogP contribution is 2.29. The number of nitrogens with two attached hydrogens (primary N) is 1. The second-order valence-electron chi connectivity index (χ2n) is 5.60. The molecule has 2 nitrogen and oxygen atoms in total. The Morgan fingerprint density at radius 1 is 1.44 bits per heavy atom. The van der Waals surface area contributed by atoms with Crippen molar-refractivity contribution >= 4 is 22.9 Å². The van der Waals surface area contributed by atoms with Crippen LogP contribution in [-0.2, 0) is 0 Å². The molecule has 1 unspecified atom stereocenters. The van der Waals surface area contributed by atoms with Crippen LogP contribution in [0.2, 0.25) is 0 Å². The Bertz CT molecular complexity index is 454. The van der Waals surface area contributed by atoms with Crippen LogP contribution in [0, 0.1) is 18.8 Å². The summed E-state index contributed by atoms with van der Waals surface area (Å²) >= 11 is 5.04. The van der Waals surface area contributed by atoms with Gasteiger partial charge in [-0.25, -0.2) is 0 Å². The van der Waals surface area contributed by atoms with Gasteiger partial charge in [-0.1, -0.05) is 26.1 Å². The first-order valence-electron chi connectivity index (χ1n) is 6.64. The second kappa shape index (κ2) is 5.27. The summed E-state index contributed by atoms with van der Waals surface area (Å²) in [5.41, 5.74) is 9.17. The topological polar surface area (TPSA) is 29.3 Å². The van der Waals surface area contributed by atoms with Gasteiger partial charge in [0.15, 0.2) is 0 Å². The number of rotatable bonds is 3. The molecule has 0 aliphatic carbocycles. The average molecular weight is 262 g/mol. The molecule has 1 fully saturated rings. The van der Waals surface area contributed by atoms with E-state index < -0.39 is 0 Å². The van der Waals surface area contributed by atoms with Crippen LogP contribution in [0.3, 0.4) is 0 Å². The average Bonchev–Trinajstić information content (AvgIpc) is 2.77. The van der Waals surface area contributed by atoms with Gasteiger partial charge in [-0.15, -0.1) is 0 Å². The molecule has 1 aliphatic rings. The van der Waals surface area contributed by atoms with Crippen molar-refractivity contribution in [1.29, 1.82) is 0 Å². The van der Waals surface area contributed by atoms with Crippen LogP contribution in [0.25, 0.3) is 0 Å². The first-order chi connectivity index (χ1) is 8.49. The van der Waals surface area contributed by atoms with Gasteiger partial charge in [0.25, 0.3) is 0 Å². The zero-order valence-corrected chi connectivity index (χ0v) is 12.3. The highest BCUT2D eigenvalue weighted by atomic mass is 32.1. The fourth-order valence-corrected chi connectivity index (χ4v) is 2.92. The fourth-order valence-electron chi connectivity index (χ4n) is 2.69. The third kappa shape index (κ3) is 2.66. The maximum atomic E-state index is 5.70. The highest BCUT2D eigenvalue weighted by Gasteiger charge is 2.25. The number of hydrogen-bond acceptors (Lipinski definition) is 2. The number of aryl methyl sites for hydroxylation is 1. The molecule has 0 radical (unpaired) electrons. The Kier molecular flexibility index (Phi) is 3.91. The molecule has 3 heteroatoms. The van der Waals surface area contributed by atoms with Crippen LogP contribution in [0.15, 0.2) is 18.2 Å². The molecule has 0 aromatic heterocycles. The molecule has 0 saturated carbocycles. The van der Waals surface area contributed by atoms with Gasteiger partial charge in [-0.3, -0.25) is 0 Å². The van der Waals surface area contributed by atoms with Crippen LogP contribution >= 0.6 is 12.2 Å². The van der Waals surface area contributed by atoms with Crippen LogP contribution in [0.1, 0.15) is 31.4 Å². The van der Waals surface area contributed by atoms with Crippen LogP contribution in [-0.4, -0.2) is 18.1 Å². The monoisotopic (exact) mass is 262 g/mol. The van der Waals surface area contributed by atoms with Crippen molar-refractivity contribution in [3.05, 3.63) is 29.3 Å². The largest absolute Gasteiger partial charge is 0.389 e. The van der Waals surface area contributed by atoms with E-state index in [1.807, 2.05) is 0 Å². The van der Waals surface area contributed by atoms with Crippen molar-refractivity contribution in [1.82, 2.24) is 0 Å². The summed E-state index contributed by atoms with van der Waals surface area (Å²) in [7, 11) is 0. The molecule has 0 bridgehead atoms. The van der Waals surface area contributed by atoms with Crippen molar-refractivity contribution in [3.63, 3.8) is 0 Å². The molecule has 0 spiro atoms. The Morgan fingerprint density at radius 2 is 2.17 bits per heavy atom. The van der Waals surface area contributed by atoms with Gasteiger partial charge < -0.3 is 10.6 Å². The van der Waals surface area contributed by atoms with E-state index >= 15 is 0 Å². The third-order valence-corrected chi connectivity index (χ3v) is 4.23. The first-order valence-corrected chi connectivity index (χ1v) is 7.05. The van der Waals surface area contributed by atoms with E-state index in [9.17, 15) is 0 Å². The van der Waals surface area contributed by atoms with E-state index in [0.29, 0.717) is 4.99 Å². The number of benzene rings is 1. The molecule has 2 N–H and O–H groups in total. The molecule has 0 amide bonds. The summed E-state index contributed by atoms with van der Waals surface area (Å²) in [4.78, 5) is 2.96. The molecular weight excluding hydrogens is 240 g/mol. The van der Waals surface area contributed by atoms with E-state index in [-0.39, 0.29) is 0 Å². The van der Waals surface area contributed by atoms with Gasteiger partial charge in [0.1, 0.15) is 4.99 Å². The number of nitrogens with zero attached hydrogens (tertiary/aromatic N) is 1. The molecule has 2 rings (SSSR count). The van der Waals surface area contributed by atoms with E-state index in [1.54, 1.807) is 0 Å². The van der Waals surface area contributed by atoms with Crippen LogP contribution < -0.4 is 10.6 Å². The fraction of sp³-hybridized carbons (Fsp3) is 0.533. The zero-order valence-electron chi connectivity index (χ0n) is 11.4. The van der Waals surface area contributed by atoms with Crippen LogP contribution in [0.5, 0.6) is 0 Å². The number of anilines is 1. The predicted molar refractivity (Wildman–Crippen MR) is 82.2 cm³/mol. The molecule has 1 aromatic rings. The Labute approximate surface area is 115 Å². The maximum absolute atomic E-state index is 5.70. The SMILES string of the molecule is Cc1cc(N2CCC(C(C)C)C2)ccc1C(N)=S. The predicted octanol–water partition coefficient (Wildman–Crippen LogP) is 3.11. The molecule has 1 saturated heterocycles. The van der Waals surface area contributed by atoms with Crippen molar-refractivity contribution in [2.24, 2.45) is 17.6 Å². The minimum atomic E-state index is 0.487. The molecular formula is C15H22N2S. The van der Waals surface area contributed by atoms with E-state index in [1.165, 1.54) is 24.2 Å². The number of thiocarbonyl (C=S) groups is 1. The van der Waals surface area contributed by atoms with Crippen molar-refractivity contribution in [2.75, 3.05) is 18.0 Å². The molecule has 1 heterocycles. The minimum absolute atomic E-state index is 0.487. The van der Waals surface area contributed by atoms with E-state index in [0.717, 1.165) is 23.9 Å². The lowest BCUT2D eigenvalue weighted by atomic mass is 9.95. The lowest BCUT2D eigenvalue weighted by Crippen LogP contribution is -2.21. The van der Waals surface area contributed by atoms with E-state index in [2.05, 4.69) is 43.9 Å². The lowest BCUT2D eigenvalue weighted by Gasteiger charge is -2.21. The standard InChI is InChI=1S/C15H22N2S/c1-10(2)12-6-7-17(9-12)13-4-5-14(15(16)18)11(3)8-13/h4-5,8,10,12H,6-7,9H2,1-3H3,(H2,16,18). The molecule has 98 valence electrons. The summed E-state index contributed by atoms with van der Waals surface area (Å²) in [5, 5.41) is 0. The summed E-state index contributed by atoms with van der Waals surface area (Å²) in [6.07, 6.45) is 1.30. The van der Waals surface area contributed by atoms with Gasteiger partial charge >= 0.3 is 0 Å². The smallest absolute Gasteiger partial charge is 0.104 e. The first kappa shape index (κ1) is 13.3. The maximum Gasteiger partial charge on any atom is 0.104 e. The zero-order chi connectivity index (χ0) is 13.3. The van der Waals surface area contributed by atoms with Crippen molar-refractivity contribution < 1.29 is 0 Å². The summed E-state index contributed by atoms with van der Waals surface area (Å²) in [5.74, 6) is 1.59. The molecule has 1 atom stereocenters. The quantitative estimate of drug-likeness (QED) is 0.849. The van der Waals surface area contributed by atoms with Gasteiger partial charge in [-0.05, 0) is 48.9 Å². The van der Waals surface area contributed by atoms with Gasteiger partial charge in [0, 0.05) is 24.3 Å². The summed E-state index contributed by atoms with van der Waals surface area (Å²) < 4.78 is 0. The van der Waals surface area contributed by atoms with Gasteiger partial charge in [-0.2, -0.15) is 0 Å². The highest BCUT2D eigenvalue weighted by molar-refractivity contribution is 7.80. The summed E-state index contributed by atoms with van der Waals surface area (Å²) in [6.45, 7) is 9.04. The molecule has 18 heavy (non-hydrogen) atoms. The second-order valence-corrected chi connectivity index (χ2v) is 6.04. The Morgan fingerprint density at radius 3 is 2.67 bits per heavy atom. The van der Waals surface area contributed by atoms with Gasteiger partial charge in [0.05, 0.1) is 0 Å². The van der Waals surface area contributed by atoms with Crippen molar-refractivity contribution in [2.45, 2.75) is 27.2 Å². The van der Waals surface area contributed by atoms with Crippen LogP contribution in [0.4, 0.5) is 5.69 Å². The normalized spacial score (nSPS) is 19.6. The molecule has 1 aromatic carbocycles. The van der Waals surface area contributed by atoms with E-state index in [4.69, 9.17) is 18.0 Å². The Balaban J connectivity index is 2.16. The molecule has 1 aliphatic heterocycles. The minimum Gasteiger partial charge on any atom is -0.389 e. The van der Waals surface area contributed by atoms with Gasteiger partial charge in [0.2, 0.25) is 0 Å². The Hall–Kier alpha value is -1.09. The summed E-state index contributed by atoms with van der Waals surface area (Å²) in [6, 6.07) is 6.40. The number of hydrogen-bond donors (Lipinski definition) is 1.